The van der Waals surface area contributed by atoms with Crippen molar-refractivity contribution in [3.05, 3.63) is 119 Å². The topological polar surface area (TPSA) is 242 Å². The molecule has 7 heterocycles. The summed E-state index contributed by atoms with van der Waals surface area (Å²) in [6.07, 6.45) is 0.529. The lowest BCUT2D eigenvalue weighted by Crippen LogP contribution is -2.55. The van der Waals surface area contributed by atoms with E-state index >= 15 is 0 Å². The van der Waals surface area contributed by atoms with Crippen molar-refractivity contribution in [1.29, 1.82) is 5.26 Å². The molecule has 6 aromatic rings. The van der Waals surface area contributed by atoms with Crippen molar-refractivity contribution in [2.24, 2.45) is 11.8 Å². The monoisotopic (exact) mass is 1250 g/mol. The number of fused-ring (bicyclic) bond motifs is 2. The van der Waals surface area contributed by atoms with Crippen LogP contribution in [0.4, 0.5) is 24.7 Å². The molecule has 4 saturated heterocycles. The summed E-state index contributed by atoms with van der Waals surface area (Å²) in [4.78, 5) is 76.4. The van der Waals surface area contributed by atoms with Crippen LogP contribution in [0.5, 0.6) is 17.5 Å². The SMILES string of the molecule is C=CC(=O)N1CCN(c2nc(OC[C@@H]3C[C@H](NC(=O)C4CCN(C(=O)C5CCN(Cc6ccc(-n7c(C(=O)NCC(F)(F)F)nnc7-c7cc(C(C)C)c(O)cc7O)cc6)CC5)CC4)CN3C)nc3c2CCN(c2cccc4cccc(Cl)c24)C3)C[C@@H]1CC#N. The summed E-state index contributed by atoms with van der Waals surface area (Å²) in [6.45, 7) is 12.1. The second-order valence-corrected chi connectivity index (χ2v) is 24.9. The largest absolute Gasteiger partial charge is 0.508 e. The predicted octanol–water partition coefficient (Wildman–Crippen LogP) is 7.76. The van der Waals surface area contributed by atoms with Crippen LogP contribution in [0.3, 0.4) is 0 Å². The molecule has 3 atom stereocenters. The number of carbonyl (C=O) groups excluding carboxylic acids is 4. The summed E-state index contributed by atoms with van der Waals surface area (Å²) >= 11 is 6.81. The average molecular weight is 1260 g/mol. The van der Waals surface area contributed by atoms with E-state index in [0.29, 0.717) is 127 Å². The highest BCUT2D eigenvalue weighted by molar-refractivity contribution is 6.36. The Morgan fingerprint density at radius 3 is 2.32 bits per heavy atom. The van der Waals surface area contributed by atoms with Crippen LogP contribution in [0.25, 0.3) is 27.8 Å². The molecule has 4 amide bonds. The molecule has 4 aromatic carbocycles. The van der Waals surface area contributed by atoms with E-state index in [1.807, 2.05) is 61.4 Å². The number of aromatic hydroxyl groups is 2. The van der Waals surface area contributed by atoms with E-state index in [2.05, 4.69) is 66.0 Å². The number of likely N-dealkylation sites (N-methyl/N-ethyl adjacent to an activating group) is 1. The Labute approximate surface area is 525 Å². The zero-order valence-electron chi connectivity index (χ0n) is 50.6. The number of nitrogens with zero attached hydrogens (tertiary/aromatic N) is 12. The maximum Gasteiger partial charge on any atom is 0.405 e. The number of nitriles is 1. The number of halogens is 4. The summed E-state index contributed by atoms with van der Waals surface area (Å²) in [5.41, 5.74) is 4.71. The molecule has 2 aromatic heterocycles. The molecule has 0 spiro atoms. The minimum Gasteiger partial charge on any atom is -0.508 e. The van der Waals surface area contributed by atoms with Gasteiger partial charge in [0.1, 0.15) is 30.5 Å². The Balaban J connectivity index is 0.672. The molecule has 11 rings (SSSR count). The van der Waals surface area contributed by atoms with Crippen molar-refractivity contribution in [2.45, 2.75) is 102 Å². The van der Waals surface area contributed by atoms with Gasteiger partial charge in [0.05, 0.1) is 41.4 Å². The average Bonchev–Trinajstić information content (AvgIpc) is 1.24. The standard InChI is InChI=1S/C65H74ClF3N14O7/c1-5-56(86)82-29-28-81(35-46(82)16-22-70)58-48-21-27-80(53-11-7-9-41-8-6-10-51(66)57(41)53)36-52(48)73-64(74-58)90-37-47-30-44(34-77(47)4)72-61(87)42-19-25-79(26-20-42)63(89)43-17-23-78(24-18-43)33-40-12-14-45(15-13-40)83-59(50-31-49(39(2)3)54(84)32-55(50)85)75-76-60(83)62(88)71-38-65(67,68)69/h5-15,31-32,39,42-44,46-47,84-85H,1,16-21,23-30,33-38H2,2-4H3,(H,71,88)(H,72,87)/t44-,46-,47-/m0/s1. The molecule has 90 heavy (non-hydrogen) atoms. The minimum absolute atomic E-state index is 0.0128. The van der Waals surface area contributed by atoms with E-state index < -0.39 is 24.5 Å². The van der Waals surface area contributed by atoms with Gasteiger partial charge in [-0.1, -0.05) is 68.4 Å². The number of hydrogen-bond donors (Lipinski definition) is 4. The highest BCUT2D eigenvalue weighted by atomic mass is 35.5. The molecule has 0 unspecified atom stereocenters. The smallest absolute Gasteiger partial charge is 0.405 e. The predicted molar refractivity (Wildman–Crippen MR) is 332 cm³/mol. The van der Waals surface area contributed by atoms with Crippen molar-refractivity contribution in [3.63, 3.8) is 0 Å². The number of anilines is 2. The quantitative estimate of drug-likeness (QED) is 0.0638. The van der Waals surface area contributed by atoms with Crippen molar-refractivity contribution in [3.8, 4) is 40.7 Å². The first-order valence-electron chi connectivity index (χ1n) is 30.7. The number of likely N-dealkylation sites (tertiary alicyclic amines) is 3. The van der Waals surface area contributed by atoms with Gasteiger partial charge in [0.15, 0.2) is 5.82 Å². The van der Waals surface area contributed by atoms with Gasteiger partial charge in [0, 0.05) is 105 Å². The number of nitrogens with one attached hydrogen (secondary N) is 2. The van der Waals surface area contributed by atoms with Crippen molar-refractivity contribution >= 4 is 57.5 Å². The molecule has 0 aliphatic carbocycles. The van der Waals surface area contributed by atoms with E-state index in [9.17, 15) is 47.8 Å². The number of amides is 4. The van der Waals surface area contributed by atoms with Gasteiger partial charge >= 0.3 is 12.2 Å². The summed E-state index contributed by atoms with van der Waals surface area (Å²) in [5.74, 6) is -2.01. The van der Waals surface area contributed by atoms with Gasteiger partial charge in [-0.3, -0.25) is 33.5 Å². The maximum atomic E-state index is 13.9. The van der Waals surface area contributed by atoms with Crippen molar-refractivity contribution in [1.82, 2.24) is 55.0 Å². The Bertz CT molecular complexity index is 3710. The van der Waals surface area contributed by atoms with Gasteiger partial charge in [0.25, 0.3) is 5.91 Å². The maximum absolute atomic E-state index is 13.9. The number of ether oxygens (including phenoxy) is 1. The molecular weight excluding hydrogens is 1180 g/mol. The first-order valence-corrected chi connectivity index (χ1v) is 31.1. The Morgan fingerprint density at radius 2 is 1.61 bits per heavy atom. The molecule has 0 saturated carbocycles. The van der Waals surface area contributed by atoms with Gasteiger partial charge in [-0.05, 0) is 118 Å². The molecular formula is C65H74ClF3N14O7. The molecule has 4 N–H and O–H groups in total. The molecule has 4 fully saturated rings. The van der Waals surface area contributed by atoms with Crippen LogP contribution in [-0.4, -0.2) is 182 Å². The lowest BCUT2D eigenvalue weighted by Gasteiger charge is -2.42. The molecule has 21 nitrogen and oxygen atoms in total. The third-order valence-corrected chi connectivity index (χ3v) is 18.6. The number of rotatable bonds is 17. The van der Waals surface area contributed by atoms with Crippen LogP contribution in [0.2, 0.25) is 5.02 Å². The van der Waals surface area contributed by atoms with Crippen molar-refractivity contribution < 1.29 is 47.3 Å². The van der Waals surface area contributed by atoms with Crippen LogP contribution in [0.1, 0.15) is 91.3 Å². The second-order valence-electron chi connectivity index (χ2n) is 24.5. The zero-order valence-corrected chi connectivity index (χ0v) is 51.4. The Kier molecular flexibility index (Phi) is 18.8. The molecule has 25 heteroatoms. The van der Waals surface area contributed by atoms with Crippen LogP contribution in [0.15, 0.2) is 85.5 Å². The fourth-order valence-electron chi connectivity index (χ4n) is 13.4. The normalized spacial score (nSPS) is 19.7. The number of phenolic OH excluding ortho intramolecular Hbond substituents is 2. The number of carbonyl (C=O) groups is 4. The second kappa shape index (κ2) is 26.9. The van der Waals surface area contributed by atoms with E-state index in [1.54, 1.807) is 17.0 Å². The number of alkyl halides is 3. The molecule has 0 radical (unpaired) electrons. The summed E-state index contributed by atoms with van der Waals surface area (Å²) in [5, 5.41) is 47.1. The lowest BCUT2D eigenvalue weighted by atomic mass is 9.91. The van der Waals surface area contributed by atoms with E-state index in [4.69, 9.17) is 26.3 Å². The Morgan fingerprint density at radius 1 is 0.878 bits per heavy atom. The molecule has 5 aliphatic rings. The van der Waals surface area contributed by atoms with Gasteiger partial charge in [-0.25, -0.2) is 0 Å². The number of benzene rings is 4. The third kappa shape index (κ3) is 13.8. The summed E-state index contributed by atoms with van der Waals surface area (Å²) < 4.78 is 47.3. The number of phenols is 2. The minimum atomic E-state index is -4.67. The summed E-state index contributed by atoms with van der Waals surface area (Å²) in [6, 6.07) is 23.8. The number of piperidine rings is 2. The van der Waals surface area contributed by atoms with E-state index in [-0.39, 0.29) is 95.5 Å². The van der Waals surface area contributed by atoms with Gasteiger partial charge < -0.3 is 45.2 Å². The van der Waals surface area contributed by atoms with Crippen LogP contribution in [0, 0.1) is 23.2 Å². The molecule has 5 aliphatic heterocycles. The molecule has 0 bridgehead atoms. The number of aromatic nitrogens is 5. The van der Waals surface area contributed by atoms with Crippen molar-refractivity contribution in [2.75, 3.05) is 88.9 Å². The van der Waals surface area contributed by atoms with Crippen LogP contribution < -0.4 is 25.2 Å². The fraction of sp³-hybridized carbons (Fsp3) is 0.462. The van der Waals surface area contributed by atoms with Crippen LogP contribution >= 0.6 is 11.6 Å². The number of hydrogen-bond acceptors (Lipinski definition) is 16. The van der Waals surface area contributed by atoms with E-state index in [0.717, 1.165) is 45.2 Å². The number of piperazine rings is 1. The lowest BCUT2D eigenvalue weighted by molar-refractivity contribution is -0.140. The van der Waals surface area contributed by atoms with Gasteiger partial charge in [0.2, 0.25) is 23.5 Å². The van der Waals surface area contributed by atoms with Gasteiger partial charge in [-0.15, -0.1) is 10.2 Å². The molecule has 474 valence electrons. The summed E-state index contributed by atoms with van der Waals surface area (Å²) in [7, 11) is 2.02. The van der Waals surface area contributed by atoms with Crippen LogP contribution in [-0.2, 0) is 33.9 Å². The van der Waals surface area contributed by atoms with E-state index in [1.165, 1.54) is 16.7 Å². The third-order valence-electron chi connectivity index (χ3n) is 18.2. The Hall–Kier alpha value is -8.53. The highest BCUT2D eigenvalue weighted by Crippen LogP contribution is 2.40. The zero-order chi connectivity index (χ0) is 63.5. The highest BCUT2D eigenvalue weighted by Gasteiger charge is 2.38. The van der Waals surface area contributed by atoms with Gasteiger partial charge in [-0.2, -0.15) is 28.4 Å². The first kappa shape index (κ1) is 63.1. The first-order chi connectivity index (χ1) is 43.2. The fourth-order valence-corrected chi connectivity index (χ4v) is 13.7.